The first-order valence-corrected chi connectivity index (χ1v) is 5.73. The molecule has 0 aromatic rings. The minimum atomic E-state index is -1.11. The predicted molar refractivity (Wildman–Crippen MR) is 57.5 cm³/mol. The van der Waals surface area contributed by atoms with Crippen molar-refractivity contribution in [3.8, 4) is 0 Å². The number of nitrogens with zero attached hydrogens (tertiary/aromatic N) is 1. The Labute approximate surface area is 99.5 Å². The van der Waals surface area contributed by atoms with Crippen molar-refractivity contribution >= 4 is 11.9 Å². The highest BCUT2D eigenvalue weighted by Gasteiger charge is 2.59. The zero-order chi connectivity index (χ0) is 12.5. The van der Waals surface area contributed by atoms with Crippen LogP contribution in [-0.4, -0.2) is 61.4 Å². The lowest BCUT2D eigenvalue weighted by molar-refractivity contribution is -0.161. The molecule has 1 heterocycles. The highest BCUT2D eigenvalue weighted by Crippen LogP contribution is 2.48. The smallest absolute Gasteiger partial charge is 0.319 e. The fourth-order valence-electron chi connectivity index (χ4n) is 1.95. The van der Waals surface area contributed by atoms with Gasteiger partial charge in [-0.3, -0.25) is 9.59 Å². The fourth-order valence-corrected chi connectivity index (χ4v) is 1.95. The van der Waals surface area contributed by atoms with Gasteiger partial charge in [-0.1, -0.05) is 0 Å². The molecule has 0 aromatic carbocycles. The average Bonchev–Trinajstić information content (AvgIpc) is 3.01. The molecule has 0 radical (unpaired) electrons. The Kier molecular flexibility index (Phi) is 3.35. The van der Waals surface area contributed by atoms with E-state index in [2.05, 4.69) is 0 Å². The van der Waals surface area contributed by atoms with E-state index in [0.29, 0.717) is 39.1 Å². The molecule has 2 fully saturated rings. The number of ether oxygens (including phenoxy) is 2. The third-order valence-electron chi connectivity index (χ3n) is 3.35. The van der Waals surface area contributed by atoms with E-state index in [-0.39, 0.29) is 12.0 Å². The van der Waals surface area contributed by atoms with E-state index in [9.17, 15) is 9.59 Å². The molecule has 17 heavy (non-hydrogen) atoms. The Morgan fingerprint density at radius 1 is 1.35 bits per heavy atom. The van der Waals surface area contributed by atoms with Crippen LogP contribution < -0.4 is 0 Å². The van der Waals surface area contributed by atoms with Crippen molar-refractivity contribution in [2.45, 2.75) is 18.9 Å². The third kappa shape index (κ3) is 2.28. The van der Waals surface area contributed by atoms with E-state index in [4.69, 9.17) is 14.6 Å². The SMILES string of the molecule is COCCOC1CN(C(=O)C2(C(=O)O)CC2)C1. The molecule has 0 bridgehead atoms. The molecule has 0 aromatic heterocycles. The molecule has 1 aliphatic carbocycles. The monoisotopic (exact) mass is 243 g/mol. The van der Waals surface area contributed by atoms with Gasteiger partial charge in [-0.2, -0.15) is 0 Å². The number of carboxylic acids is 1. The van der Waals surface area contributed by atoms with Crippen molar-refractivity contribution in [3.05, 3.63) is 0 Å². The summed E-state index contributed by atoms with van der Waals surface area (Å²) in [4.78, 5) is 24.4. The summed E-state index contributed by atoms with van der Waals surface area (Å²) in [6.45, 7) is 2.03. The molecule has 0 unspecified atom stereocenters. The van der Waals surface area contributed by atoms with Gasteiger partial charge in [-0.05, 0) is 12.8 Å². The molecule has 1 N–H and O–H groups in total. The summed E-state index contributed by atoms with van der Waals surface area (Å²) >= 11 is 0. The number of carbonyl (C=O) groups excluding carboxylic acids is 1. The molecule has 0 atom stereocenters. The second-order valence-corrected chi connectivity index (χ2v) is 4.58. The highest BCUT2D eigenvalue weighted by atomic mass is 16.5. The number of rotatable bonds is 6. The number of likely N-dealkylation sites (tertiary alicyclic amines) is 1. The largest absolute Gasteiger partial charge is 0.480 e. The zero-order valence-electron chi connectivity index (χ0n) is 9.85. The lowest BCUT2D eigenvalue weighted by atomic mass is 10.0. The van der Waals surface area contributed by atoms with Crippen molar-refractivity contribution in [2.24, 2.45) is 5.41 Å². The standard InChI is InChI=1S/C11H17NO5/c1-16-4-5-17-8-6-12(7-8)9(13)11(2-3-11)10(14)15/h8H,2-7H2,1H3,(H,14,15). The summed E-state index contributed by atoms with van der Waals surface area (Å²) in [6, 6.07) is 0. The molecule has 2 rings (SSSR count). The molecule has 6 heteroatoms. The van der Waals surface area contributed by atoms with Gasteiger partial charge in [0.05, 0.1) is 19.3 Å². The first-order chi connectivity index (χ1) is 8.10. The van der Waals surface area contributed by atoms with Gasteiger partial charge in [0, 0.05) is 20.2 Å². The first kappa shape index (κ1) is 12.3. The number of hydrogen-bond donors (Lipinski definition) is 1. The molecular formula is C11H17NO5. The molecule has 6 nitrogen and oxygen atoms in total. The molecule has 1 saturated heterocycles. The van der Waals surface area contributed by atoms with Gasteiger partial charge >= 0.3 is 5.97 Å². The number of amides is 1. The summed E-state index contributed by atoms with van der Waals surface area (Å²) in [7, 11) is 1.60. The van der Waals surface area contributed by atoms with Crippen molar-refractivity contribution in [1.82, 2.24) is 4.90 Å². The van der Waals surface area contributed by atoms with Crippen LogP contribution >= 0.6 is 0 Å². The highest BCUT2D eigenvalue weighted by molar-refractivity contribution is 6.05. The molecule has 96 valence electrons. The Morgan fingerprint density at radius 2 is 2.00 bits per heavy atom. The lowest BCUT2D eigenvalue weighted by Gasteiger charge is -2.40. The van der Waals surface area contributed by atoms with Crippen molar-refractivity contribution in [1.29, 1.82) is 0 Å². The van der Waals surface area contributed by atoms with Crippen LogP contribution in [0.5, 0.6) is 0 Å². The number of methoxy groups -OCH3 is 1. The molecule has 2 aliphatic rings. The number of carbonyl (C=O) groups is 2. The van der Waals surface area contributed by atoms with E-state index in [1.54, 1.807) is 12.0 Å². The van der Waals surface area contributed by atoms with Gasteiger partial charge in [0.2, 0.25) is 5.91 Å². The van der Waals surface area contributed by atoms with Crippen LogP contribution in [0.25, 0.3) is 0 Å². The van der Waals surface area contributed by atoms with Crippen LogP contribution in [0.2, 0.25) is 0 Å². The van der Waals surface area contributed by atoms with Gasteiger partial charge in [0.15, 0.2) is 0 Å². The van der Waals surface area contributed by atoms with Gasteiger partial charge in [-0.25, -0.2) is 0 Å². The van der Waals surface area contributed by atoms with Crippen LogP contribution in [0, 0.1) is 5.41 Å². The van der Waals surface area contributed by atoms with Crippen molar-refractivity contribution in [3.63, 3.8) is 0 Å². The van der Waals surface area contributed by atoms with Gasteiger partial charge in [-0.15, -0.1) is 0 Å². The van der Waals surface area contributed by atoms with Gasteiger partial charge in [0.25, 0.3) is 0 Å². The van der Waals surface area contributed by atoms with Crippen LogP contribution in [0.15, 0.2) is 0 Å². The summed E-state index contributed by atoms with van der Waals surface area (Å²) in [6.07, 6.45) is 0.957. The quantitative estimate of drug-likeness (QED) is 0.513. The van der Waals surface area contributed by atoms with Crippen LogP contribution in [0.1, 0.15) is 12.8 Å². The van der Waals surface area contributed by atoms with Crippen LogP contribution in [0.4, 0.5) is 0 Å². The molecule has 0 spiro atoms. The number of carboxylic acid groups (broad SMARTS) is 1. The lowest BCUT2D eigenvalue weighted by Crippen LogP contribution is -2.57. The summed E-state index contributed by atoms with van der Waals surface area (Å²) in [5.41, 5.74) is -1.11. The maximum Gasteiger partial charge on any atom is 0.319 e. The first-order valence-electron chi connectivity index (χ1n) is 5.73. The predicted octanol–water partition coefficient (Wildman–Crippen LogP) is -0.275. The van der Waals surface area contributed by atoms with E-state index >= 15 is 0 Å². The normalized spacial score (nSPS) is 22.1. The zero-order valence-corrected chi connectivity index (χ0v) is 9.85. The second-order valence-electron chi connectivity index (χ2n) is 4.58. The minimum absolute atomic E-state index is 0.0266. The summed E-state index contributed by atoms with van der Waals surface area (Å²) < 4.78 is 10.3. The second kappa shape index (κ2) is 4.62. The Balaban J connectivity index is 1.73. The topological polar surface area (TPSA) is 76.1 Å². The Hall–Kier alpha value is -1.14. The van der Waals surface area contributed by atoms with E-state index in [1.807, 2.05) is 0 Å². The minimum Gasteiger partial charge on any atom is -0.480 e. The molecular weight excluding hydrogens is 226 g/mol. The fraction of sp³-hybridized carbons (Fsp3) is 0.818. The van der Waals surface area contributed by atoms with E-state index < -0.39 is 11.4 Å². The molecule has 1 aliphatic heterocycles. The van der Waals surface area contributed by atoms with Gasteiger partial charge < -0.3 is 19.5 Å². The van der Waals surface area contributed by atoms with E-state index in [0.717, 1.165) is 0 Å². The van der Waals surface area contributed by atoms with Crippen LogP contribution in [0.3, 0.4) is 0 Å². The van der Waals surface area contributed by atoms with Crippen molar-refractivity contribution in [2.75, 3.05) is 33.4 Å². The Morgan fingerprint density at radius 3 is 2.47 bits per heavy atom. The maximum absolute atomic E-state index is 11.9. The summed E-state index contributed by atoms with van der Waals surface area (Å²) in [5.74, 6) is -1.25. The van der Waals surface area contributed by atoms with Crippen molar-refractivity contribution < 1.29 is 24.2 Å². The number of hydrogen-bond acceptors (Lipinski definition) is 4. The molecule has 1 amide bonds. The average molecular weight is 243 g/mol. The van der Waals surface area contributed by atoms with Crippen LogP contribution in [-0.2, 0) is 19.1 Å². The Bertz CT molecular complexity index is 320. The third-order valence-corrected chi connectivity index (χ3v) is 3.35. The summed E-state index contributed by atoms with van der Waals surface area (Å²) in [5, 5.41) is 8.99. The van der Waals surface area contributed by atoms with E-state index in [1.165, 1.54) is 0 Å². The maximum atomic E-state index is 11.9. The molecule has 1 saturated carbocycles. The van der Waals surface area contributed by atoms with Gasteiger partial charge in [0.1, 0.15) is 5.41 Å². The number of aliphatic carboxylic acids is 1.